The van der Waals surface area contributed by atoms with Gasteiger partial charge in [0.25, 0.3) is 10.0 Å². The Hall–Kier alpha value is -1.92. The minimum atomic E-state index is -3.82. The van der Waals surface area contributed by atoms with Gasteiger partial charge in [-0.05, 0) is 34.1 Å². The number of halogens is 1. The first-order chi connectivity index (χ1) is 9.37. The zero-order valence-electron chi connectivity index (χ0n) is 10.6. The van der Waals surface area contributed by atoms with E-state index in [0.29, 0.717) is 11.3 Å². The van der Waals surface area contributed by atoms with Crippen molar-refractivity contribution in [1.82, 2.24) is 15.0 Å². The number of rotatable bonds is 3. The van der Waals surface area contributed by atoms with E-state index in [1.54, 1.807) is 18.2 Å². The summed E-state index contributed by atoms with van der Waals surface area (Å²) in [5, 5.41) is 16.1. The van der Waals surface area contributed by atoms with E-state index in [1.807, 2.05) is 6.07 Å². The van der Waals surface area contributed by atoms with Crippen molar-refractivity contribution in [1.29, 1.82) is 5.26 Å². The van der Waals surface area contributed by atoms with Crippen LogP contribution in [-0.2, 0) is 17.1 Å². The zero-order chi connectivity index (χ0) is 14.9. The quantitative estimate of drug-likeness (QED) is 0.826. The first-order valence-electron chi connectivity index (χ1n) is 5.42. The van der Waals surface area contributed by atoms with Gasteiger partial charge in [0.1, 0.15) is 0 Å². The van der Waals surface area contributed by atoms with Crippen LogP contribution < -0.4 is 4.31 Å². The second kappa shape index (κ2) is 5.22. The highest BCUT2D eigenvalue weighted by Gasteiger charge is 2.28. The Morgan fingerprint density at radius 2 is 2.15 bits per heavy atom. The molecule has 1 aromatic heterocycles. The molecule has 0 bridgehead atoms. The number of hydrogen-bond donors (Lipinski definition) is 0. The molecule has 104 valence electrons. The van der Waals surface area contributed by atoms with E-state index < -0.39 is 10.0 Å². The van der Waals surface area contributed by atoms with Gasteiger partial charge in [-0.25, -0.2) is 4.68 Å². The number of nitrogens with zero attached hydrogens (tertiary/aromatic N) is 5. The van der Waals surface area contributed by atoms with E-state index in [1.165, 1.54) is 24.8 Å². The number of hydrogen-bond acceptors (Lipinski definition) is 5. The lowest BCUT2D eigenvalue weighted by Gasteiger charge is -2.19. The largest absolute Gasteiger partial charge is 0.284 e. The lowest BCUT2D eigenvalue weighted by Crippen LogP contribution is -2.28. The molecular weight excluding hydrogens is 346 g/mol. The molecule has 0 aliphatic heterocycles. The molecule has 0 amide bonds. The maximum atomic E-state index is 12.5. The molecule has 1 heterocycles. The Labute approximate surface area is 124 Å². The first kappa shape index (κ1) is 14.5. The van der Waals surface area contributed by atoms with Crippen LogP contribution in [0.2, 0.25) is 0 Å². The summed E-state index contributed by atoms with van der Waals surface area (Å²) in [6.45, 7) is 0. The molecule has 0 spiro atoms. The molecule has 0 aliphatic rings. The molecule has 0 unspecified atom stereocenters. The summed E-state index contributed by atoms with van der Waals surface area (Å²) in [4.78, 5) is 0. The number of sulfonamides is 1. The van der Waals surface area contributed by atoms with Crippen molar-refractivity contribution in [3.8, 4) is 6.07 Å². The lowest BCUT2D eigenvalue weighted by molar-refractivity contribution is 0.572. The lowest BCUT2D eigenvalue weighted by atomic mass is 10.2. The highest BCUT2D eigenvalue weighted by Crippen LogP contribution is 2.26. The van der Waals surface area contributed by atoms with Gasteiger partial charge >= 0.3 is 0 Å². The summed E-state index contributed by atoms with van der Waals surface area (Å²) in [5.41, 5.74) is 0.767. The summed E-state index contributed by atoms with van der Waals surface area (Å²) in [7, 11) is -0.922. The van der Waals surface area contributed by atoms with Crippen LogP contribution in [0.15, 0.2) is 33.9 Å². The standard InChI is InChI=1S/C11H10BrN5O2S/c1-16-11(10(12)14-15-16)20(18,19)17(2)9-5-3-4-8(6-9)7-13/h3-6H,1-2H3. The van der Waals surface area contributed by atoms with Crippen molar-refractivity contribution in [2.75, 3.05) is 11.4 Å². The predicted octanol–water partition coefficient (Wildman–Crippen LogP) is 1.27. The molecule has 9 heteroatoms. The van der Waals surface area contributed by atoms with Crippen LogP contribution in [0.25, 0.3) is 0 Å². The van der Waals surface area contributed by atoms with Crippen LogP contribution in [0.4, 0.5) is 5.69 Å². The van der Waals surface area contributed by atoms with Gasteiger partial charge in [0.2, 0.25) is 5.03 Å². The molecule has 1 aromatic carbocycles. The van der Waals surface area contributed by atoms with Crippen molar-refractivity contribution in [2.45, 2.75) is 5.03 Å². The maximum Gasteiger partial charge on any atom is 0.284 e. The van der Waals surface area contributed by atoms with Crippen molar-refractivity contribution in [3.05, 3.63) is 34.4 Å². The van der Waals surface area contributed by atoms with Gasteiger partial charge < -0.3 is 0 Å². The van der Waals surface area contributed by atoms with Gasteiger partial charge in [-0.3, -0.25) is 4.31 Å². The number of aryl methyl sites for hydroxylation is 1. The second-order valence-electron chi connectivity index (χ2n) is 3.94. The van der Waals surface area contributed by atoms with Crippen LogP contribution in [0.1, 0.15) is 5.56 Å². The number of nitriles is 1. The molecule has 0 saturated heterocycles. The molecule has 0 atom stereocenters. The van der Waals surface area contributed by atoms with Crippen LogP contribution in [0, 0.1) is 11.3 Å². The van der Waals surface area contributed by atoms with Crippen LogP contribution >= 0.6 is 15.9 Å². The maximum absolute atomic E-state index is 12.5. The monoisotopic (exact) mass is 355 g/mol. The minimum Gasteiger partial charge on any atom is -0.268 e. The zero-order valence-corrected chi connectivity index (χ0v) is 13.1. The van der Waals surface area contributed by atoms with E-state index in [2.05, 4.69) is 26.2 Å². The fourth-order valence-corrected chi connectivity index (χ4v) is 3.85. The van der Waals surface area contributed by atoms with Crippen molar-refractivity contribution >= 4 is 31.6 Å². The average molecular weight is 356 g/mol. The van der Waals surface area contributed by atoms with Crippen LogP contribution in [0.5, 0.6) is 0 Å². The van der Waals surface area contributed by atoms with E-state index in [4.69, 9.17) is 5.26 Å². The predicted molar refractivity (Wildman–Crippen MR) is 75.4 cm³/mol. The van der Waals surface area contributed by atoms with Gasteiger partial charge in [0.05, 0.1) is 17.3 Å². The second-order valence-corrected chi connectivity index (χ2v) is 6.58. The third-order valence-electron chi connectivity index (χ3n) is 2.68. The fraction of sp³-hybridized carbons (Fsp3) is 0.182. The summed E-state index contributed by atoms with van der Waals surface area (Å²) < 4.78 is 27.5. The molecule has 20 heavy (non-hydrogen) atoms. The van der Waals surface area contributed by atoms with E-state index in [-0.39, 0.29) is 9.63 Å². The molecule has 0 aliphatic carbocycles. The topological polar surface area (TPSA) is 91.9 Å². The SMILES string of the molecule is CN(c1cccc(C#N)c1)S(=O)(=O)c1c(Br)nnn1C. The molecule has 0 fully saturated rings. The Morgan fingerprint density at radius 1 is 1.45 bits per heavy atom. The van der Waals surface area contributed by atoms with Crippen molar-refractivity contribution in [3.63, 3.8) is 0 Å². The normalized spacial score (nSPS) is 11.1. The molecule has 0 N–H and O–H groups in total. The molecule has 7 nitrogen and oxygen atoms in total. The Balaban J connectivity index is 2.52. The van der Waals surface area contributed by atoms with Gasteiger partial charge in [-0.2, -0.15) is 13.7 Å². The van der Waals surface area contributed by atoms with Gasteiger partial charge in [0.15, 0.2) is 4.60 Å². The van der Waals surface area contributed by atoms with Crippen molar-refractivity contribution < 1.29 is 8.42 Å². The molecule has 0 saturated carbocycles. The minimum absolute atomic E-state index is 0.0534. The Bertz CT molecular complexity index is 774. The third-order valence-corrected chi connectivity index (χ3v) is 5.36. The smallest absolute Gasteiger partial charge is 0.268 e. The summed E-state index contributed by atoms with van der Waals surface area (Å²) in [6.07, 6.45) is 0. The first-order valence-corrected chi connectivity index (χ1v) is 7.65. The summed E-state index contributed by atoms with van der Waals surface area (Å²) in [5.74, 6) is 0. The summed E-state index contributed by atoms with van der Waals surface area (Å²) in [6, 6.07) is 8.30. The van der Waals surface area contributed by atoms with Crippen molar-refractivity contribution in [2.24, 2.45) is 7.05 Å². The Morgan fingerprint density at radius 3 is 2.70 bits per heavy atom. The van der Waals surface area contributed by atoms with Gasteiger partial charge in [-0.15, -0.1) is 5.10 Å². The summed E-state index contributed by atoms with van der Waals surface area (Å²) >= 11 is 3.07. The third kappa shape index (κ3) is 2.39. The number of aromatic nitrogens is 3. The number of anilines is 1. The molecule has 2 rings (SSSR count). The van der Waals surface area contributed by atoms with Crippen LogP contribution in [0.3, 0.4) is 0 Å². The average Bonchev–Trinajstić information content (AvgIpc) is 2.77. The van der Waals surface area contributed by atoms with E-state index in [0.717, 1.165) is 4.31 Å². The fourth-order valence-electron chi connectivity index (χ4n) is 1.64. The molecule has 0 radical (unpaired) electrons. The number of benzene rings is 1. The van der Waals surface area contributed by atoms with Gasteiger partial charge in [0, 0.05) is 14.1 Å². The van der Waals surface area contributed by atoms with Gasteiger partial charge in [-0.1, -0.05) is 11.3 Å². The van der Waals surface area contributed by atoms with Crippen LogP contribution in [-0.4, -0.2) is 30.5 Å². The highest BCUT2D eigenvalue weighted by atomic mass is 79.9. The Kier molecular flexibility index (Phi) is 3.78. The van der Waals surface area contributed by atoms with E-state index >= 15 is 0 Å². The van der Waals surface area contributed by atoms with E-state index in [9.17, 15) is 8.42 Å². The molecular formula is C11H10BrN5O2S. The molecule has 2 aromatic rings. The highest BCUT2D eigenvalue weighted by molar-refractivity contribution is 9.10.